The summed E-state index contributed by atoms with van der Waals surface area (Å²) in [5.74, 6) is 0.416. The summed E-state index contributed by atoms with van der Waals surface area (Å²) in [7, 11) is 1.76. The normalized spacial score (nSPS) is 17.1. The van der Waals surface area contributed by atoms with Crippen LogP contribution in [0, 0.1) is 15.5 Å². The molecule has 0 atom stereocenters. The highest BCUT2D eigenvalue weighted by atomic mass is 16.6. The molecule has 1 saturated carbocycles. The van der Waals surface area contributed by atoms with Crippen molar-refractivity contribution in [2.45, 2.75) is 26.2 Å². The average molecular weight is 224 g/mol. The van der Waals surface area contributed by atoms with Crippen molar-refractivity contribution in [3.05, 3.63) is 16.4 Å². The minimum absolute atomic E-state index is 0.0885. The van der Waals surface area contributed by atoms with Gasteiger partial charge in [0, 0.05) is 13.6 Å². The Bertz CT molecular complexity index is 409. The van der Waals surface area contributed by atoms with Gasteiger partial charge in [0.1, 0.15) is 0 Å². The molecule has 0 aliphatic heterocycles. The maximum Gasteiger partial charge on any atom is 0.406 e. The van der Waals surface area contributed by atoms with Gasteiger partial charge in [-0.1, -0.05) is 6.92 Å². The number of imidazole rings is 1. The van der Waals surface area contributed by atoms with Gasteiger partial charge in [-0.05, 0) is 34.6 Å². The zero-order valence-electron chi connectivity index (χ0n) is 9.56. The van der Waals surface area contributed by atoms with Crippen LogP contribution in [-0.2, 0) is 7.05 Å². The Morgan fingerprint density at radius 1 is 1.69 bits per heavy atom. The first-order valence-corrected chi connectivity index (χ1v) is 5.47. The highest BCUT2D eigenvalue weighted by Crippen LogP contribution is 2.48. The van der Waals surface area contributed by atoms with Crippen molar-refractivity contribution in [3.8, 4) is 0 Å². The lowest BCUT2D eigenvalue weighted by atomic mass is 10.0. The molecule has 1 aromatic rings. The Hall–Kier alpha value is -1.59. The average Bonchev–Trinajstić information content (AvgIpc) is 2.94. The highest BCUT2D eigenvalue weighted by Gasteiger charge is 2.40. The van der Waals surface area contributed by atoms with Crippen molar-refractivity contribution < 1.29 is 4.92 Å². The van der Waals surface area contributed by atoms with Gasteiger partial charge in [0.2, 0.25) is 12.1 Å². The summed E-state index contributed by atoms with van der Waals surface area (Å²) in [6.07, 6.45) is 5.00. The van der Waals surface area contributed by atoms with E-state index in [1.54, 1.807) is 11.6 Å². The summed E-state index contributed by atoms with van der Waals surface area (Å²) in [5, 5.41) is 13.9. The summed E-state index contributed by atoms with van der Waals surface area (Å²) >= 11 is 0. The molecule has 88 valence electrons. The van der Waals surface area contributed by atoms with Crippen LogP contribution < -0.4 is 5.32 Å². The van der Waals surface area contributed by atoms with E-state index in [-0.39, 0.29) is 5.82 Å². The Morgan fingerprint density at radius 2 is 2.38 bits per heavy atom. The molecule has 1 fully saturated rings. The number of nitrogens with zero attached hydrogens (tertiary/aromatic N) is 3. The topological polar surface area (TPSA) is 73.0 Å². The molecule has 1 aliphatic carbocycles. The lowest BCUT2D eigenvalue weighted by Gasteiger charge is -2.13. The first-order valence-electron chi connectivity index (χ1n) is 5.47. The lowest BCUT2D eigenvalue weighted by molar-refractivity contribution is -0.388. The fraction of sp³-hybridized carbons (Fsp3) is 0.700. The van der Waals surface area contributed by atoms with Crippen LogP contribution in [0.2, 0.25) is 0 Å². The molecule has 1 N–H and O–H groups in total. The van der Waals surface area contributed by atoms with Crippen LogP contribution >= 0.6 is 0 Å². The second kappa shape index (κ2) is 3.77. The number of nitro groups is 1. The fourth-order valence-electron chi connectivity index (χ4n) is 1.86. The highest BCUT2D eigenvalue weighted by molar-refractivity contribution is 5.52. The molecule has 6 nitrogen and oxygen atoms in total. The van der Waals surface area contributed by atoms with E-state index >= 15 is 0 Å². The predicted molar refractivity (Wildman–Crippen MR) is 60.3 cm³/mol. The van der Waals surface area contributed by atoms with Gasteiger partial charge >= 0.3 is 5.82 Å². The molecule has 0 saturated heterocycles. The third kappa shape index (κ3) is 1.87. The van der Waals surface area contributed by atoms with Crippen molar-refractivity contribution in [2.24, 2.45) is 12.5 Å². The van der Waals surface area contributed by atoms with E-state index in [2.05, 4.69) is 17.2 Å². The Labute approximate surface area is 93.8 Å². The third-order valence-electron chi connectivity index (χ3n) is 3.43. The molecule has 0 bridgehead atoms. The standard InChI is InChI=1S/C10H16N4O2/c1-3-10(4-5-10)6-11-8-9(14(15)16)12-7-13(8)2/h7,11H,3-6H2,1-2H3. The van der Waals surface area contributed by atoms with Gasteiger partial charge in [0.25, 0.3) is 0 Å². The molecule has 1 aliphatic rings. The van der Waals surface area contributed by atoms with Gasteiger partial charge in [0.15, 0.2) is 0 Å². The van der Waals surface area contributed by atoms with Gasteiger partial charge in [-0.3, -0.25) is 4.57 Å². The quantitative estimate of drug-likeness (QED) is 0.612. The molecule has 0 radical (unpaired) electrons. The number of anilines is 1. The van der Waals surface area contributed by atoms with E-state index in [4.69, 9.17) is 0 Å². The number of nitrogens with one attached hydrogen (secondary N) is 1. The molecular formula is C10H16N4O2. The number of hydrogen-bond donors (Lipinski definition) is 1. The van der Waals surface area contributed by atoms with E-state index in [1.807, 2.05) is 0 Å². The Balaban J connectivity index is 2.08. The summed E-state index contributed by atoms with van der Waals surface area (Å²) in [6, 6.07) is 0. The van der Waals surface area contributed by atoms with E-state index in [0.717, 1.165) is 13.0 Å². The van der Waals surface area contributed by atoms with Gasteiger partial charge in [-0.2, -0.15) is 0 Å². The predicted octanol–water partition coefficient (Wildman–Crippen LogP) is 1.93. The monoisotopic (exact) mass is 224 g/mol. The van der Waals surface area contributed by atoms with Crippen molar-refractivity contribution in [2.75, 3.05) is 11.9 Å². The summed E-state index contributed by atoms with van der Waals surface area (Å²) in [6.45, 7) is 2.95. The summed E-state index contributed by atoms with van der Waals surface area (Å²) < 4.78 is 1.66. The van der Waals surface area contributed by atoms with Crippen LogP contribution in [0.4, 0.5) is 11.6 Å². The van der Waals surface area contributed by atoms with Crippen molar-refractivity contribution in [1.29, 1.82) is 0 Å². The zero-order valence-corrected chi connectivity index (χ0v) is 9.56. The Morgan fingerprint density at radius 3 is 2.88 bits per heavy atom. The van der Waals surface area contributed by atoms with Crippen molar-refractivity contribution in [1.82, 2.24) is 9.55 Å². The maximum absolute atomic E-state index is 10.7. The van der Waals surface area contributed by atoms with Crippen LogP contribution in [0.1, 0.15) is 26.2 Å². The van der Waals surface area contributed by atoms with Gasteiger partial charge in [-0.25, -0.2) is 0 Å². The van der Waals surface area contributed by atoms with E-state index in [0.29, 0.717) is 11.2 Å². The van der Waals surface area contributed by atoms with Gasteiger partial charge in [-0.15, -0.1) is 0 Å². The zero-order chi connectivity index (χ0) is 11.8. The summed E-state index contributed by atoms with van der Waals surface area (Å²) in [4.78, 5) is 14.0. The van der Waals surface area contributed by atoms with Gasteiger partial charge < -0.3 is 15.4 Å². The molecule has 0 spiro atoms. The minimum Gasteiger partial charge on any atom is -0.364 e. The van der Waals surface area contributed by atoms with Crippen LogP contribution in [0.25, 0.3) is 0 Å². The first kappa shape index (κ1) is 10.9. The van der Waals surface area contributed by atoms with Gasteiger partial charge in [0.05, 0.1) is 0 Å². The third-order valence-corrected chi connectivity index (χ3v) is 3.43. The smallest absolute Gasteiger partial charge is 0.364 e. The van der Waals surface area contributed by atoms with E-state index in [9.17, 15) is 10.1 Å². The molecule has 2 rings (SSSR count). The lowest BCUT2D eigenvalue weighted by Crippen LogP contribution is -2.16. The SMILES string of the molecule is CCC1(CNc2c([N+](=O)[O-])ncn2C)CC1. The van der Waals surface area contributed by atoms with Crippen LogP contribution in [0.3, 0.4) is 0 Å². The van der Waals surface area contributed by atoms with Crippen LogP contribution in [0.15, 0.2) is 6.33 Å². The number of hydrogen-bond acceptors (Lipinski definition) is 4. The van der Waals surface area contributed by atoms with Crippen molar-refractivity contribution >= 4 is 11.6 Å². The van der Waals surface area contributed by atoms with Crippen LogP contribution in [-0.4, -0.2) is 21.0 Å². The molecule has 1 heterocycles. The first-order chi connectivity index (χ1) is 7.58. The molecule has 6 heteroatoms. The largest absolute Gasteiger partial charge is 0.406 e. The maximum atomic E-state index is 10.7. The second-order valence-electron chi connectivity index (χ2n) is 4.49. The number of aromatic nitrogens is 2. The Kier molecular flexibility index (Phi) is 2.57. The van der Waals surface area contributed by atoms with Crippen molar-refractivity contribution in [3.63, 3.8) is 0 Å². The molecule has 0 aromatic carbocycles. The minimum atomic E-state index is -0.451. The molecule has 16 heavy (non-hydrogen) atoms. The molecular weight excluding hydrogens is 208 g/mol. The van der Waals surface area contributed by atoms with E-state index in [1.165, 1.54) is 19.2 Å². The molecule has 0 amide bonds. The molecule has 0 unspecified atom stereocenters. The molecule has 1 aromatic heterocycles. The fourth-order valence-corrected chi connectivity index (χ4v) is 1.86. The number of aryl methyl sites for hydroxylation is 1. The van der Waals surface area contributed by atoms with E-state index < -0.39 is 4.92 Å². The van der Waals surface area contributed by atoms with Crippen LogP contribution in [0.5, 0.6) is 0 Å². The second-order valence-corrected chi connectivity index (χ2v) is 4.49. The number of rotatable bonds is 5. The summed E-state index contributed by atoms with van der Waals surface area (Å²) in [5.41, 5.74) is 0.359.